The molecular weight excluding hydrogens is 439 g/mol. The van der Waals surface area contributed by atoms with Crippen LogP contribution in [0.4, 0.5) is 22.0 Å². The SMILES string of the molecule is COc1ccc(C2CCC(C3CCC(C(F)(F)Oc4cc(F)c(F)c(F)c4)CC3)CC2)cc1. The second kappa shape index (κ2) is 9.90. The van der Waals surface area contributed by atoms with Gasteiger partial charge in [-0.1, -0.05) is 12.1 Å². The van der Waals surface area contributed by atoms with Gasteiger partial charge < -0.3 is 9.47 Å². The fourth-order valence-electron chi connectivity index (χ4n) is 5.56. The van der Waals surface area contributed by atoms with Crippen molar-refractivity contribution in [3.63, 3.8) is 0 Å². The van der Waals surface area contributed by atoms with E-state index < -0.39 is 35.2 Å². The Hall–Kier alpha value is -2.31. The lowest BCUT2D eigenvalue weighted by Gasteiger charge is -2.39. The Balaban J connectivity index is 1.28. The lowest BCUT2D eigenvalue weighted by molar-refractivity contribution is -0.224. The third kappa shape index (κ3) is 5.44. The van der Waals surface area contributed by atoms with Gasteiger partial charge in [-0.2, -0.15) is 8.78 Å². The van der Waals surface area contributed by atoms with E-state index in [0.717, 1.165) is 31.4 Å². The van der Waals surface area contributed by atoms with Gasteiger partial charge in [0.2, 0.25) is 0 Å². The van der Waals surface area contributed by atoms with Crippen molar-refractivity contribution >= 4 is 0 Å². The lowest BCUT2D eigenvalue weighted by Crippen LogP contribution is -2.38. The number of methoxy groups -OCH3 is 1. The molecule has 0 saturated heterocycles. The highest BCUT2D eigenvalue weighted by molar-refractivity contribution is 5.29. The Kier molecular flexibility index (Phi) is 7.15. The molecule has 2 aromatic carbocycles. The summed E-state index contributed by atoms with van der Waals surface area (Å²) in [5.74, 6) is -4.20. The Morgan fingerprint density at radius 2 is 1.24 bits per heavy atom. The quantitative estimate of drug-likeness (QED) is 0.317. The minimum Gasteiger partial charge on any atom is -0.497 e. The van der Waals surface area contributed by atoms with Crippen molar-refractivity contribution < 1.29 is 31.4 Å². The van der Waals surface area contributed by atoms with E-state index in [4.69, 9.17) is 4.74 Å². The van der Waals surface area contributed by atoms with Crippen molar-refractivity contribution in [3.8, 4) is 11.5 Å². The highest BCUT2D eigenvalue weighted by Gasteiger charge is 2.45. The van der Waals surface area contributed by atoms with Gasteiger partial charge in [0.15, 0.2) is 17.5 Å². The van der Waals surface area contributed by atoms with E-state index in [9.17, 15) is 22.0 Å². The van der Waals surface area contributed by atoms with Gasteiger partial charge >= 0.3 is 6.11 Å². The van der Waals surface area contributed by atoms with Crippen LogP contribution in [0.15, 0.2) is 36.4 Å². The molecule has 2 fully saturated rings. The molecule has 0 spiro atoms. The average molecular weight is 469 g/mol. The van der Waals surface area contributed by atoms with Gasteiger partial charge in [-0.3, -0.25) is 0 Å². The standard InChI is InChI=1S/C26H29F5O2/c1-32-21-12-8-19(9-13-21)17-4-2-16(3-5-17)18-6-10-20(11-7-18)26(30,31)33-22-14-23(27)25(29)24(28)15-22/h8-9,12-18,20H,2-7,10-11H2,1H3. The molecule has 0 amide bonds. The number of benzene rings is 2. The maximum absolute atomic E-state index is 14.7. The number of hydrogen-bond donors (Lipinski definition) is 0. The molecule has 0 N–H and O–H groups in total. The summed E-state index contributed by atoms with van der Waals surface area (Å²) < 4.78 is 78.9. The zero-order chi connectivity index (χ0) is 23.6. The molecule has 2 aromatic rings. The first kappa shape index (κ1) is 23.8. The molecule has 0 radical (unpaired) electrons. The van der Waals surface area contributed by atoms with Gasteiger partial charge in [-0.05, 0) is 86.8 Å². The third-order valence-electron chi connectivity index (χ3n) is 7.48. The number of halogens is 5. The summed E-state index contributed by atoms with van der Waals surface area (Å²) in [5.41, 5.74) is 1.32. The molecule has 0 aliphatic heterocycles. The van der Waals surface area contributed by atoms with Crippen LogP contribution >= 0.6 is 0 Å². The highest BCUT2D eigenvalue weighted by atomic mass is 19.3. The van der Waals surface area contributed by atoms with Crippen molar-refractivity contribution in [2.75, 3.05) is 7.11 Å². The summed E-state index contributed by atoms with van der Waals surface area (Å²) >= 11 is 0. The summed E-state index contributed by atoms with van der Waals surface area (Å²) in [6, 6.07) is 9.13. The number of alkyl halides is 2. The van der Waals surface area contributed by atoms with Crippen LogP contribution in [0.1, 0.15) is 62.8 Å². The minimum absolute atomic E-state index is 0.294. The molecule has 0 bridgehead atoms. The largest absolute Gasteiger partial charge is 0.497 e. The average Bonchev–Trinajstić information content (AvgIpc) is 2.82. The van der Waals surface area contributed by atoms with E-state index in [0.29, 0.717) is 55.6 Å². The molecule has 33 heavy (non-hydrogen) atoms. The molecular formula is C26H29F5O2. The van der Waals surface area contributed by atoms with Crippen LogP contribution in [0.3, 0.4) is 0 Å². The molecule has 4 rings (SSSR count). The molecule has 2 nitrogen and oxygen atoms in total. The summed E-state index contributed by atoms with van der Waals surface area (Å²) in [6.07, 6.45) is 2.77. The van der Waals surface area contributed by atoms with Crippen molar-refractivity contribution in [2.24, 2.45) is 17.8 Å². The second-order valence-corrected chi connectivity index (χ2v) is 9.36. The molecule has 7 heteroatoms. The molecule has 2 aliphatic rings. The summed E-state index contributed by atoms with van der Waals surface area (Å²) in [4.78, 5) is 0. The van der Waals surface area contributed by atoms with Crippen LogP contribution in [-0.4, -0.2) is 13.2 Å². The summed E-state index contributed by atoms with van der Waals surface area (Å²) in [6.45, 7) is 0. The number of rotatable bonds is 6. The summed E-state index contributed by atoms with van der Waals surface area (Å²) in [5, 5.41) is 0. The predicted molar refractivity (Wildman–Crippen MR) is 115 cm³/mol. The third-order valence-corrected chi connectivity index (χ3v) is 7.48. The van der Waals surface area contributed by atoms with Crippen LogP contribution in [0.5, 0.6) is 11.5 Å². The molecule has 0 atom stereocenters. The van der Waals surface area contributed by atoms with E-state index in [1.807, 2.05) is 12.1 Å². The fraction of sp³-hybridized carbons (Fsp3) is 0.538. The van der Waals surface area contributed by atoms with E-state index in [1.54, 1.807) is 7.11 Å². The smallest absolute Gasteiger partial charge is 0.400 e. The maximum Gasteiger partial charge on any atom is 0.400 e. The van der Waals surface area contributed by atoms with E-state index in [-0.39, 0.29) is 0 Å². The van der Waals surface area contributed by atoms with Crippen molar-refractivity contribution in [1.82, 2.24) is 0 Å². The van der Waals surface area contributed by atoms with E-state index >= 15 is 0 Å². The van der Waals surface area contributed by atoms with Crippen LogP contribution in [-0.2, 0) is 0 Å². The maximum atomic E-state index is 14.7. The van der Waals surface area contributed by atoms with Crippen LogP contribution in [0.25, 0.3) is 0 Å². The highest BCUT2D eigenvalue weighted by Crippen LogP contribution is 2.47. The molecule has 180 valence electrons. The minimum atomic E-state index is -3.56. The van der Waals surface area contributed by atoms with E-state index in [1.165, 1.54) is 5.56 Å². The predicted octanol–water partition coefficient (Wildman–Crippen LogP) is 7.86. The molecule has 0 unspecified atom stereocenters. The molecule has 2 aliphatic carbocycles. The molecule has 2 saturated carbocycles. The van der Waals surface area contributed by atoms with Crippen LogP contribution in [0.2, 0.25) is 0 Å². The topological polar surface area (TPSA) is 18.5 Å². The first-order valence-electron chi connectivity index (χ1n) is 11.6. The number of hydrogen-bond acceptors (Lipinski definition) is 2. The molecule has 0 heterocycles. The van der Waals surface area contributed by atoms with Crippen molar-refractivity contribution in [1.29, 1.82) is 0 Å². The molecule has 0 aromatic heterocycles. The monoisotopic (exact) mass is 468 g/mol. The number of ether oxygens (including phenoxy) is 2. The van der Waals surface area contributed by atoms with Gasteiger partial charge in [0, 0.05) is 12.1 Å². The first-order valence-corrected chi connectivity index (χ1v) is 11.6. The Morgan fingerprint density at radius 1 is 0.727 bits per heavy atom. The summed E-state index contributed by atoms with van der Waals surface area (Å²) in [7, 11) is 1.65. The second-order valence-electron chi connectivity index (χ2n) is 9.36. The zero-order valence-electron chi connectivity index (χ0n) is 18.6. The Bertz CT molecular complexity index is 907. The first-order chi connectivity index (χ1) is 15.8. The van der Waals surface area contributed by atoms with Crippen molar-refractivity contribution in [2.45, 2.75) is 63.4 Å². The van der Waals surface area contributed by atoms with Crippen LogP contribution < -0.4 is 9.47 Å². The van der Waals surface area contributed by atoms with Gasteiger partial charge in [0.1, 0.15) is 11.5 Å². The van der Waals surface area contributed by atoms with Crippen molar-refractivity contribution in [3.05, 3.63) is 59.4 Å². The van der Waals surface area contributed by atoms with E-state index in [2.05, 4.69) is 16.9 Å². The van der Waals surface area contributed by atoms with Crippen LogP contribution in [0, 0.1) is 35.2 Å². The normalized spacial score (nSPS) is 26.1. The van der Waals surface area contributed by atoms with Gasteiger partial charge in [-0.15, -0.1) is 0 Å². The lowest BCUT2D eigenvalue weighted by atomic mass is 9.68. The van der Waals surface area contributed by atoms with Gasteiger partial charge in [0.05, 0.1) is 13.0 Å². The van der Waals surface area contributed by atoms with Gasteiger partial charge in [0.25, 0.3) is 0 Å². The zero-order valence-corrected chi connectivity index (χ0v) is 18.6. The fourth-order valence-corrected chi connectivity index (χ4v) is 5.56. The Labute approximate surface area is 191 Å². The van der Waals surface area contributed by atoms with Gasteiger partial charge in [-0.25, -0.2) is 13.2 Å². The Morgan fingerprint density at radius 3 is 1.76 bits per heavy atom.